The molecule has 5 nitrogen and oxygen atoms in total. The highest BCUT2D eigenvalue weighted by Crippen LogP contribution is 2.14. The lowest BCUT2D eigenvalue weighted by molar-refractivity contribution is -0.162. The van der Waals surface area contributed by atoms with Gasteiger partial charge in [-0.1, -0.05) is 5.16 Å². The number of ether oxygens (including phenoxy) is 1. The Kier molecular flexibility index (Phi) is 4.41. The van der Waals surface area contributed by atoms with Crippen molar-refractivity contribution in [1.29, 1.82) is 0 Å². The van der Waals surface area contributed by atoms with Crippen molar-refractivity contribution in [3.05, 3.63) is 29.6 Å². The second kappa shape index (κ2) is 6.26. The van der Waals surface area contributed by atoms with Crippen molar-refractivity contribution in [3.63, 3.8) is 0 Å². The van der Waals surface area contributed by atoms with Crippen LogP contribution in [0.4, 0.5) is 0 Å². The average Bonchev–Trinajstić information content (AvgIpc) is 2.46. The molecule has 0 aliphatic carbocycles. The zero-order valence-electron chi connectivity index (χ0n) is 10.3. The number of hydrogen-bond acceptors (Lipinski definition) is 5. The smallest absolute Gasteiger partial charge is 0.226 e. The molecule has 0 radical (unpaired) electrons. The fourth-order valence-electron chi connectivity index (χ4n) is 1.70. The summed E-state index contributed by atoms with van der Waals surface area (Å²) in [7, 11) is 0. The molecule has 1 aromatic rings. The standard InChI is InChI=1S/C13H16N2O3/c1-10(12-8-11(9-16)5-6-14-12)15-18-13-4-2-3-7-17-13/h5-6,8-9,13H,2-4,7H2,1H3/b15-10+. The van der Waals surface area contributed by atoms with Crippen molar-refractivity contribution in [2.45, 2.75) is 32.5 Å². The van der Waals surface area contributed by atoms with Crippen LogP contribution in [-0.4, -0.2) is 29.9 Å². The first-order valence-electron chi connectivity index (χ1n) is 6.03. The van der Waals surface area contributed by atoms with Gasteiger partial charge in [-0.05, 0) is 31.9 Å². The molecule has 1 unspecified atom stereocenters. The number of pyridine rings is 1. The van der Waals surface area contributed by atoms with Crippen LogP contribution in [-0.2, 0) is 9.57 Å². The highest BCUT2D eigenvalue weighted by Gasteiger charge is 2.14. The average molecular weight is 248 g/mol. The van der Waals surface area contributed by atoms with E-state index in [9.17, 15) is 4.79 Å². The Bertz CT molecular complexity index is 440. The van der Waals surface area contributed by atoms with Crippen molar-refractivity contribution in [2.24, 2.45) is 5.16 Å². The second-order valence-electron chi connectivity index (χ2n) is 4.17. The molecule has 0 bridgehead atoms. The summed E-state index contributed by atoms with van der Waals surface area (Å²) in [6, 6.07) is 3.33. The zero-order valence-corrected chi connectivity index (χ0v) is 10.3. The first kappa shape index (κ1) is 12.7. The summed E-state index contributed by atoms with van der Waals surface area (Å²) in [5.74, 6) is 0. The van der Waals surface area contributed by atoms with Gasteiger partial charge in [0.05, 0.1) is 12.3 Å². The summed E-state index contributed by atoms with van der Waals surface area (Å²) in [5.41, 5.74) is 1.84. The van der Waals surface area contributed by atoms with Crippen LogP contribution in [0.1, 0.15) is 42.2 Å². The molecule has 1 aromatic heterocycles. The van der Waals surface area contributed by atoms with E-state index in [1.165, 1.54) is 0 Å². The molecule has 0 aromatic carbocycles. The maximum absolute atomic E-state index is 10.7. The first-order valence-corrected chi connectivity index (χ1v) is 6.03. The van der Waals surface area contributed by atoms with Gasteiger partial charge in [-0.3, -0.25) is 9.78 Å². The molecule has 1 fully saturated rings. The predicted molar refractivity (Wildman–Crippen MR) is 66.5 cm³/mol. The van der Waals surface area contributed by atoms with Crippen LogP contribution in [0.2, 0.25) is 0 Å². The number of hydrogen-bond donors (Lipinski definition) is 0. The predicted octanol–water partition coefficient (Wildman–Crippen LogP) is 2.16. The minimum absolute atomic E-state index is 0.261. The number of rotatable bonds is 4. The van der Waals surface area contributed by atoms with Gasteiger partial charge in [-0.2, -0.15) is 0 Å². The molecule has 0 amide bonds. The van der Waals surface area contributed by atoms with Gasteiger partial charge in [0.1, 0.15) is 12.0 Å². The third-order valence-corrected chi connectivity index (χ3v) is 2.74. The highest BCUT2D eigenvalue weighted by atomic mass is 16.8. The van der Waals surface area contributed by atoms with Crippen molar-refractivity contribution in [1.82, 2.24) is 4.98 Å². The number of carbonyl (C=O) groups is 1. The van der Waals surface area contributed by atoms with Crippen LogP contribution in [0.15, 0.2) is 23.5 Å². The number of carbonyl (C=O) groups excluding carboxylic acids is 1. The van der Waals surface area contributed by atoms with Gasteiger partial charge in [-0.25, -0.2) is 0 Å². The Balaban J connectivity index is 2.00. The molecule has 5 heteroatoms. The third-order valence-electron chi connectivity index (χ3n) is 2.74. The van der Waals surface area contributed by atoms with Crippen LogP contribution in [0, 0.1) is 0 Å². The van der Waals surface area contributed by atoms with Crippen molar-refractivity contribution < 1.29 is 14.4 Å². The van der Waals surface area contributed by atoms with Crippen molar-refractivity contribution in [3.8, 4) is 0 Å². The van der Waals surface area contributed by atoms with E-state index < -0.39 is 0 Å². The number of oxime groups is 1. The van der Waals surface area contributed by atoms with E-state index in [1.807, 2.05) is 0 Å². The van der Waals surface area contributed by atoms with Gasteiger partial charge in [0.2, 0.25) is 6.29 Å². The highest BCUT2D eigenvalue weighted by molar-refractivity contribution is 5.97. The number of aromatic nitrogens is 1. The van der Waals surface area contributed by atoms with Gasteiger partial charge in [-0.15, -0.1) is 0 Å². The molecule has 0 N–H and O–H groups in total. The van der Waals surface area contributed by atoms with Crippen molar-refractivity contribution in [2.75, 3.05) is 6.61 Å². The molecule has 18 heavy (non-hydrogen) atoms. The Morgan fingerprint density at radius 3 is 3.22 bits per heavy atom. The van der Waals surface area contributed by atoms with Crippen LogP contribution < -0.4 is 0 Å². The maximum Gasteiger partial charge on any atom is 0.226 e. The second-order valence-corrected chi connectivity index (χ2v) is 4.17. The quantitative estimate of drug-likeness (QED) is 0.465. The largest absolute Gasteiger partial charge is 0.363 e. The maximum atomic E-state index is 10.7. The minimum atomic E-state index is -0.261. The molecule has 2 rings (SSSR count). The Labute approximate surface area is 106 Å². The molecule has 96 valence electrons. The fourth-order valence-corrected chi connectivity index (χ4v) is 1.70. The number of aldehydes is 1. The minimum Gasteiger partial charge on any atom is -0.363 e. The lowest BCUT2D eigenvalue weighted by Crippen LogP contribution is -2.20. The molecule has 0 saturated carbocycles. The van der Waals surface area contributed by atoms with Crippen molar-refractivity contribution >= 4 is 12.0 Å². The Morgan fingerprint density at radius 1 is 1.61 bits per heavy atom. The Morgan fingerprint density at radius 2 is 2.50 bits per heavy atom. The van der Waals surface area contributed by atoms with Gasteiger partial charge >= 0.3 is 0 Å². The lowest BCUT2D eigenvalue weighted by atomic mass is 10.2. The summed E-state index contributed by atoms with van der Waals surface area (Å²) in [6.45, 7) is 2.51. The topological polar surface area (TPSA) is 60.8 Å². The Hall–Kier alpha value is -1.75. The van der Waals surface area contributed by atoms with Crippen LogP contribution in [0.25, 0.3) is 0 Å². The third kappa shape index (κ3) is 3.37. The summed E-state index contributed by atoms with van der Waals surface area (Å²) in [6.07, 6.45) is 5.13. The summed E-state index contributed by atoms with van der Waals surface area (Å²) in [5, 5.41) is 4.01. The molecular formula is C13H16N2O3. The molecule has 1 aliphatic heterocycles. The molecule has 2 heterocycles. The summed E-state index contributed by atoms with van der Waals surface area (Å²) < 4.78 is 5.40. The van der Waals surface area contributed by atoms with Crippen LogP contribution in [0.5, 0.6) is 0 Å². The molecule has 0 spiro atoms. The van der Waals surface area contributed by atoms with E-state index in [-0.39, 0.29) is 6.29 Å². The monoisotopic (exact) mass is 248 g/mol. The summed E-state index contributed by atoms with van der Waals surface area (Å²) in [4.78, 5) is 20.1. The molecular weight excluding hydrogens is 232 g/mol. The van der Waals surface area contributed by atoms with E-state index in [0.717, 1.165) is 32.2 Å². The van der Waals surface area contributed by atoms with Gasteiger partial charge in [0.25, 0.3) is 0 Å². The van der Waals surface area contributed by atoms with Gasteiger partial charge < -0.3 is 9.57 Å². The van der Waals surface area contributed by atoms with E-state index >= 15 is 0 Å². The van der Waals surface area contributed by atoms with E-state index in [2.05, 4.69) is 10.1 Å². The van der Waals surface area contributed by atoms with E-state index in [4.69, 9.17) is 9.57 Å². The number of nitrogens with zero attached hydrogens (tertiary/aromatic N) is 2. The SMILES string of the molecule is C/C(=N\OC1CCCCO1)c1cc(C=O)ccn1. The van der Waals surface area contributed by atoms with Crippen LogP contribution >= 0.6 is 0 Å². The summed E-state index contributed by atoms with van der Waals surface area (Å²) >= 11 is 0. The molecule has 1 atom stereocenters. The van der Waals surface area contributed by atoms with Gasteiger partial charge in [0.15, 0.2) is 0 Å². The van der Waals surface area contributed by atoms with Gasteiger partial charge in [0, 0.05) is 18.2 Å². The molecule has 1 aliphatic rings. The molecule has 1 saturated heterocycles. The van der Waals surface area contributed by atoms with E-state index in [1.54, 1.807) is 25.3 Å². The van der Waals surface area contributed by atoms with E-state index in [0.29, 0.717) is 17.0 Å². The first-order chi connectivity index (χ1) is 8.79. The lowest BCUT2D eigenvalue weighted by Gasteiger charge is -2.20. The van der Waals surface area contributed by atoms with Crippen LogP contribution in [0.3, 0.4) is 0 Å². The zero-order chi connectivity index (χ0) is 12.8. The normalized spacial score (nSPS) is 20.5. The fraction of sp³-hybridized carbons (Fsp3) is 0.462.